The monoisotopic (exact) mass is 235 g/mol. The molecule has 0 aliphatic rings. The summed E-state index contributed by atoms with van der Waals surface area (Å²) in [4.78, 5) is 2.86. The molecule has 0 radical (unpaired) electrons. The Kier molecular flexibility index (Phi) is 5.93. The molecule has 0 fully saturated rings. The molecular formula is C12H17N3O2. The van der Waals surface area contributed by atoms with E-state index in [-0.39, 0.29) is 12.6 Å². The zero-order chi connectivity index (χ0) is 12.5. The van der Waals surface area contributed by atoms with E-state index in [0.29, 0.717) is 0 Å². The summed E-state index contributed by atoms with van der Waals surface area (Å²) >= 11 is 0. The number of benzene rings is 1. The van der Waals surface area contributed by atoms with E-state index < -0.39 is 0 Å². The van der Waals surface area contributed by atoms with Gasteiger partial charge in [0.2, 0.25) is 0 Å². The molecular weight excluding hydrogens is 218 g/mol. The summed E-state index contributed by atoms with van der Waals surface area (Å²) in [7, 11) is 1.61. The Morgan fingerprint density at radius 1 is 1.35 bits per heavy atom. The molecule has 1 aromatic rings. The molecule has 1 unspecified atom stereocenters. The van der Waals surface area contributed by atoms with E-state index in [9.17, 15) is 0 Å². The van der Waals surface area contributed by atoms with Crippen LogP contribution in [0.3, 0.4) is 0 Å². The SMILES string of the molecule is COc1ccc(C(CCCCO)N=[N+]=[N-])cc1. The van der Waals surface area contributed by atoms with Crippen molar-refractivity contribution < 1.29 is 9.84 Å². The number of azide groups is 1. The summed E-state index contributed by atoms with van der Waals surface area (Å²) in [6.07, 6.45) is 2.32. The van der Waals surface area contributed by atoms with Crippen molar-refractivity contribution in [3.8, 4) is 5.75 Å². The van der Waals surface area contributed by atoms with E-state index in [0.717, 1.165) is 30.6 Å². The first kappa shape index (κ1) is 13.4. The largest absolute Gasteiger partial charge is 0.497 e. The van der Waals surface area contributed by atoms with Gasteiger partial charge in [0.1, 0.15) is 5.75 Å². The Hall–Kier alpha value is -1.71. The normalized spacial score (nSPS) is 11.6. The summed E-state index contributed by atoms with van der Waals surface area (Å²) in [6.45, 7) is 0.172. The molecule has 1 rings (SSSR count). The van der Waals surface area contributed by atoms with E-state index in [1.54, 1.807) is 7.11 Å². The van der Waals surface area contributed by atoms with Crippen LogP contribution in [0.5, 0.6) is 5.75 Å². The minimum absolute atomic E-state index is 0.169. The number of methoxy groups -OCH3 is 1. The van der Waals surface area contributed by atoms with Gasteiger partial charge in [-0.15, -0.1) is 0 Å². The van der Waals surface area contributed by atoms with Crippen molar-refractivity contribution in [1.29, 1.82) is 0 Å². The molecule has 5 heteroatoms. The lowest BCUT2D eigenvalue weighted by molar-refractivity contribution is 0.281. The third-order valence-corrected chi connectivity index (χ3v) is 2.58. The molecule has 1 N–H and O–H groups in total. The first-order valence-electron chi connectivity index (χ1n) is 5.61. The van der Waals surface area contributed by atoms with Crippen LogP contribution in [-0.4, -0.2) is 18.8 Å². The lowest BCUT2D eigenvalue weighted by Gasteiger charge is -2.11. The van der Waals surface area contributed by atoms with Gasteiger partial charge in [-0.05, 0) is 36.1 Å². The highest BCUT2D eigenvalue weighted by molar-refractivity contribution is 5.29. The quantitative estimate of drug-likeness (QED) is 0.341. The molecule has 1 aromatic carbocycles. The average Bonchev–Trinajstić information content (AvgIpc) is 2.38. The first-order chi connectivity index (χ1) is 8.31. The van der Waals surface area contributed by atoms with Crippen molar-refractivity contribution in [3.05, 3.63) is 40.3 Å². The number of ether oxygens (including phenoxy) is 1. The van der Waals surface area contributed by atoms with E-state index in [1.165, 1.54) is 0 Å². The topological polar surface area (TPSA) is 78.2 Å². The minimum atomic E-state index is -0.169. The maximum Gasteiger partial charge on any atom is 0.118 e. The first-order valence-corrected chi connectivity index (χ1v) is 5.61. The van der Waals surface area contributed by atoms with E-state index >= 15 is 0 Å². The number of hydrogen-bond acceptors (Lipinski definition) is 3. The highest BCUT2D eigenvalue weighted by Crippen LogP contribution is 2.25. The summed E-state index contributed by atoms with van der Waals surface area (Å²) in [5, 5.41) is 12.5. The van der Waals surface area contributed by atoms with Gasteiger partial charge >= 0.3 is 0 Å². The molecule has 0 saturated carbocycles. The number of hydrogen-bond donors (Lipinski definition) is 1. The van der Waals surface area contributed by atoms with Gasteiger partial charge in [0.25, 0.3) is 0 Å². The van der Waals surface area contributed by atoms with Crippen molar-refractivity contribution in [1.82, 2.24) is 0 Å². The fraction of sp³-hybridized carbons (Fsp3) is 0.500. The summed E-state index contributed by atoms with van der Waals surface area (Å²) in [6, 6.07) is 7.33. The van der Waals surface area contributed by atoms with Crippen molar-refractivity contribution in [2.75, 3.05) is 13.7 Å². The van der Waals surface area contributed by atoms with Gasteiger partial charge in [0.05, 0.1) is 13.2 Å². The second kappa shape index (κ2) is 7.54. The molecule has 0 amide bonds. The third kappa shape index (κ3) is 4.34. The third-order valence-electron chi connectivity index (χ3n) is 2.58. The molecule has 17 heavy (non-hydrogen) atoms. The highest BCUT2D eigenvalue weighted by Gasteiger charge is 2.09. The van der Waals surface area contributed by atoms with E-state index in [2.05, 4.69) is 10.0 Å². The second-order valence-corrected chi connectivity index (χ2v) is 3.71. The molecule has 0 spiro atoms. The molecule has 1 atom stereocenters. The Labute approximate surface area is 101 Å². The van der Waals surface area contributed by atoms with Crippen LogP contribution >= 0.6 is 0 Å². The molecule has 0 aromatic heterocycles. The molecule has 0 heterocycles. The molecule has 92 valence electrons. The Bertz CT molecular complexity index is 372. The van der Waals surface area contributed by atoms with Crippen LogP contribution in [0.25, 0.3) is 10.4 Å². The van der Waals surface area contributed by atoms with Gasteiger partial charge in [-0.3, -0.25) is 0 Å². The molecule has 0 aliphatic carbocycles. The fourth-order valence-electron chi connectivity index (χ4n) is 1.63. The Balaban J connectivity index is 2.70. The zero-order valence-electron chi connectivity index (χ0n) is 9.91. The Morgan fingerprint density at radius 3 is 2.59 bits per heavy atom. The van der Waals surface area contributed by atoms with Crippen LogP contribution in [0.1, 0.15) is 30.9 Å². The maximum absolute atomic E-state index is 8.73. The standard InChI is InChI=1S/C12H17N3O2/c1-17-11-7-5-10(6-8-11)12(14-15-13)4-2-3-9-16/h5-8,12,16H,2-4,9H2,1H3. The number of aliphatic hydroxyl groups is 1. The van der Waals surface area contributed by atoms with Gasteiger partial charge in [-0.25, -0.2) is 0 Å². The van der Waals surface area contributed by atoms with Crippen molar-refractivity contribution >= 4 is 0 Å². The van der Waals surface area contributed by atoms with E-state index in [4.69, 9.17) is 15.4 Å². The number of aliphatic hydroxyl groups excluding tert-OH is 1. The second-order valence-electron chi connectivity index (χ2n) is 3.71. The maximum atomic E-state index is 8.73. The molecule has 0 bridgehead atoms. The van der Waals surface area contributed by atoms with Gasteiger partial charge in [0.15, 0.2) is 0 Å². The van der Waals surface area contributed by atoms with Crippen LogP contribution in [0, 0.1) is 0 Å². The zero-order valence-corrected chi connectivity index (χ0v) is 9.91. The molecule has 0 aliphatic heterocycles. The summed E-state index contributed by atoms with van der Waals surface area (Å²) in [5.41, 5.74) is 9.51. The summed E-state index contributed by atoms with van der Waals surface area (Å²) in [5.74, 6) is 0.781. The summed E-state index contributed by atoms with van der Waals surface area (Å²) < 4.78 is 5.07. The van der Waals surface area contributed by atoms with Crippen molar-refractivity contribution in [3.63, 3.8) is 0 Å². The van der Waals surface area contributed by atoms with Crippen molar-refractivity contribution in [2.45, 2.75) is 25.3 Å². The van der Waals surface area contributed by atoms with Crippen LogP contribution in [-0.2, 0) is 0 Å². The van der Waals surface area contributed by atoms with Crippen LogP contribution < -0.4 is 4.74 Å². The average molecular weight is 235 g/mol. The van der Waals surface area contributed by atoms with Gasteiger partial charge in [-0.2, -0.15) is 0 Å². The van der Waals surface area contributed by atoms with Gasteiger partial charge in [0, 0.05) is 11.5 Å². The lowest BCUT2D eigenvalue weighted by Crippen LogP contribution is -1.96. The highest BCUT2D eigenvalue weighted by atomic mass is 16.5. The minimum Gasteiger partial charge on any atom is -0.497 e. The number of nitrogens with zero attached hydrogens (tertiary/aromatic N) is 3. The van der Waals surface area contributed by atoms with Crippen LogP contribution in [0.2, 0.25) is 0 Å². The van der Waals surface area contributed by atoms with E-state index in [1.807, 2.05) is 24.3 Å². The Morgan fingerprint density at radius 2 is 2.06 bits per heavy atom. The smallest absolute Gasteiger partial charge is 0.118 e. The van der Waals surface area contributed by atoms with Crippen LogP contribution in [0.4, 0.5) is 0 Å². The fourth-order valence-corrected chi connectivity index (χ4v) is 1.63. The molecule has 0 saturated heterocycles. The van der Waals surface area contributed by atoms with Crippen LogP contribution in [0.15, 0.2) is 29.4 Å². The predicted octanol–water partition coefficient (Wildman–Crippen LogP) is 3.21. The van der Waals surface area contributed by atoms with Gasteiger partial charge in [-0.1, -0.05) is 23.7 Å². The number of unbranched alkanes of at least 4 members (excludes halogenated alkanes) is 1. The lowest BCUT2D eigenvalue weighted by atomic mass is 10.0. The van der Waals surface area contributed by atoms with Gasteiger partial charge < -0.3 is 9.84 Å². The number of rotatable bonds is 7. The predicted molar refractivity (Wildman–Crippen MR) is 65.8 cm³/mol. The van der Waals surface area contributed by atoms with Crippen molar-refractivity contribution in [2.24, 2.45) is 5.11 Å². The molecule has 5 nitrogen and oxygen atoms in total.